The van der Waals surface area contributed by atoms with Gasteiger partial charge in [0.25, 0.3) is 23.2 Å². The number of carbonyl (C=O) groups is 1. The molecular weight excluding hydrogens is 346 g/mol. The molecule has 0 aliphatic carbocycles. The van der Waals surface area contributed by atoms with E-state index in [-0.39, 0.29) is 17.2 Å². The van der Waals surface area contributed by atoms with Gasteiger partial charge in [0.05, 0.1) is 39.6 Å². The molecule has 0 fully saturated rings. The molecule has 130 valence electrons. The number of nitro benzene ring substituents is 2. The zero-order valence-electron chi connectivity index (χ0n) is 12.8. The number of hydrogen-bond acceptors (Lipinski definition) is 8. The Hall–Kier alpha value is -4.22. The van der Waals surface area contributed by atoms with Crippen molar-refractivity contribution in [2.75, 3.05) is 5.32 Å². The second kappa shape index (κ2) is 6.72. The van der Waals surface area contributed by atoms with E-state index < -0.39 is 27.1 Å². The highest BCUT2D eigenvalue weighted by atomic mass is 16.6. The SMILES string of the molecule is O=C(Nc1cnc(-n2cccn2)nc1)c1cc([N+](=O)[O-])cc([N+](=O)[O-])c1. The van der Waals surface area contributed by atoms with Crippen molar-refractivity contribution in [1.82, 2.24) is 19.7 Å². The molecule has 3 aromatic rings. The fraction of sp³-hybridized carbons (Fsp3) is 0. The summed E-state index contributed by atoms with van der Waals surface area (Å²) in [5.41, 5.74) is -1.15. The van der Waals surface area contributed by atoms with Crippen LogP contribution in [0.3, 0.4) is 0 Å². The molecular formula is C14H9N7O5. The van der Waals surface area contributed by atoms with Crippen LogP contribution >= 0.6 is 0 Å². The molecule has 0 radical (unpaired) electrons. The summed E-state index contributed by atoms with van der Waals surface area (Å²) in [6.07, 6.45) is 5.81. The van der Waals surface area contributed by atoms with E-state index in [1.54, 1.807) is 18.5 Å². The molecule has 2 aromatic heterocycles. The predicted molar refractivity (Wildman–Crippen MR) is 86.9 cm³/mol. The van der Waals surface area contributed by atoms with Gasteiger partial charge in [-0.25, -0.2) is 14.6 Å². The predicted octanol–water partition coefficient (Wildman–Crippen LogP) is 1.73. The molecule has 0 unspecified atom stereocenters. The monoisotopic (exact) mass is 355 g/mol. The van der Waals surface area contributed by atoms with Gasteiger partial charge in [-0.1, -0.05) is 0 Å². The van der Waals surface area contributed by atoms with Crippen molar-refractivity contribution in [3.8, 4) is 5.95 Å². The average molecular weight is 355 g/mol. The summed E-state index contributed by atoms with van der Waals surface area (Å²) in [5.74, 6) is -0.494. The van der Waals surface area contributed by atoms with Gasteiger partial charge in [0.2, 0.25) is 0 Å². The summed E-state index contributed by atoms with van der Waals surface area (Å²) in [5, 5.41) is 28.1. The topological polar surface area (TPSA) is 159 Å². The summed E-state index contributed by atoms with van der Waals surface area (Å²) in [6, 6.07) is 4.36. The minimum absolute atomic E-state index is 0.208. The van der Waals surface area contributed by atoms with Crippen LogP contribution in [0.15, 0.2) is 49.1 Å². The lowest BCUT2D eigenvalue weighted by Crippen LogP contribution is -2.13. The van der Waals surface area contributed by atoms with E-state index in [9.17, 15) is 25.0 Å². The fourth-order valence-corrected chi connectivity index (χ4v) is 2.03. The lowest BCUT2D eigenvalue weighted by atomic mass is 10.1. The largest absolute Gasteiger partial charge is 0.319 e. The van der Waals surface area contributed by atoms with E-state index in [1.165, 1.54) is 17.1 Å². The van der Waals surface area contributed by atoms with Gasteiger partial charge in [0.1, 0.15) is 0 Å². The molecule has 3 rings (SSSR count). The van der Waals surface area contributed by atoms with Crippen molar-refractivity contribution < 1.29 is 14.6 Å². The molecule has 0 atom stereocenters. The van der Waals surface area contributed by atoms with E-state index >= 15 is 0 Å². The van der Waals surface area contributed by atoms with Crippen LogP contribution in [0.2, 0.25) is 0 Å². The second-order valence-corrected chi connectivity index (χ2v) is 4.93. The van der Waals surface area contributed by atoms with Crippen LogP contribution in [0.5, 0.6) is 0 Å². The van der Waals surface area contributed by atoms with Crippen LogP contribution in [-0.2, 0) is 0 Å². The van der Waals surface area contributed by atoms with Gasteiger partial charge in [-0.3, -0.25) is 25.0 Å². The van der Waals surface area contributed by atoms with E-state index in [1.807, 2.05) is 0 Å². The van der Waals surface area contributed by atoms with Crippen LogP contribution < -0.4 is 5.32 Å². The summed E-state index contributed by atoms with van der Waals surface area (Å²) < 4.78 is 1.41. The fourth-order valence-electron chi connectivity index (χ4n) is 2.03. The van der Waals surface area contributed by atoms with Gasteiger partial charge >= 0.3 is 0 Å². The third-order valence-electron chi connectivity index (χ3n) is 3.19. The van der Waals surface area contributed by atoms with Crippen molar-refractivity contribution in [3.63, 3.8) is 0 Å². The minimum Gasteiger partial charge on any atom is -0.319 e. The highest BCUT2D eigenvalue weighted by Crippen LogP contribution is 2.23. The summed E-state index contributed by atoms with van der Waals surface area (Å²) in [6.45, 7) is 0. The number of carbonyl (C=O) groups excluding carboxylic acids is 1. The first-order chi connectivity index (χ1) is 12.4. The Kier molecular flexibility index (Phi) is 4.30. The first-order valence-corrected chi connectivity index (χ1v) is 7.01. The maximum Gasteiger partial charge on any atom is 0.277 e. The van der Waals surface area contributed by atoms with Crippen molar-refractivity contribution >= 4 is 23.0 Å². The number of benzene rings is 1. The van der Waals surface area contributed by atoms with Gasteiger partial charge in [0.15, 0.2) is 0 Å². The van der Waals surface area contributed by atoms with Crippen LogP contribution in [0.1, 0.15) is 10.4 Å². The molecule has 26 heavy (non-hydrogen) atoms. The lowest BCUT2D eigenvalue weighted by Gasteiger charge is -2.06. The van der Waals surface area contributed by atoms with Crippen molar-refractivity contribution in [1.29, 1.82) is 0 Å². The molecule has 1 aromatic carbocycles. The van der Waals surface area contributed by atoms with E-state index in [0.29, 0.717) is 0 Å². The molecule has 1 amide bonds. The third-order valence-corrected chi connectivity index (χ3v) is 3.19. The Labute approximate surface area is 144 Å². The van der Waals surface area contributed by atoms with Gasteiger partial charge in [-0.15, -0.1) is 0 Å². The van der Waals surface area contributed by atoms with E-state index in [2.05, 4.69) is 20.4 Å². The van der Waals surface area contributed by atoms with Gasteiger partial charge < -0.3 is 5.32 Å². The molecule has 0 saturated heterocycles. The number of nitrogens with one attached hydrogen (secondary N) is 1. The first-order valence-electron chi connectivity index (χ1n) is 7.01. The van der Waals surface area contributed by atoms with Crippen LogP contribution in [-0.4, -0.2) is 35.5 Å². The number of rotatable bonds is 5. The summed E-state index contributed by atoms with van der Waals surface area (Å²) >= 11 is 0. The molecule has 2 heterocycles. The number of anilines is 1. The number of nitro groups is 2. The zero-order chi connectivity index (χ0) is 18.7. The zero-order valence-corrected chi connectivity index (χ0v) is 12.8. The number of nitrogens with zero attached hydrogens (tertiary/aromatic N) is 6. The van der Waals surface area contributed by atoms with Crippen molar-refractivity contribution in [2.24, 2.45) is 0 Å². The normalized spacial score (nSPS) is 10.3. The maximum absolute atomic E-state index is 12.2. The molecule has 0 spiro atoms. The Morgan fingerprint density at radius 1 is 1.04 bits per heavy atom. The molecule has 0 aliphatic heterocycles. The lowest BCUT2D eigenvalue weighted by molar-refractivity contribution is -0.394. The highest BCUT2D eigenvalue weighted by molar-refractivity contribution is 6.05. The highest BCUT2D eigenvalue weighted by Gasteiger charge is 2.20. The van der Waals surface area contributed by atoms with E-state index in [0.717, 1.165) is 18.2 Å². The molecule has 0 aliphatic rings. The first kappa shape index (κ1) is 16.6. The summed E-state index contributed by atoms with van der Waals surface area (Å²) in [4.78, 5) is 40.4. The third kappa shape index (κ3) is 3.48. The van der Waals surface area contributed by atoms with Crippen LogP contribution in [0.25, 0.3) is 5.95 Å². The Bertz CT molecular complexity index is 953. The maximum atomic E-state index is 12.2. The van der Waals surface area contributed by atoms with Gasteiger partial charge in [-0.2, -0.15) is 5.10 Å². The average Bonchev–Trinajstić information content (AvgIpc) is 3.16. The molecule has 0 saturated carbocycles. The smallest absolute Gasteiger partial charge is 0.277 e. The minimum atomic E-state index is -0.814. The van der Waals surface area contributed by atoms with Crippen molar-refractivity contribution in [3.05, 3.63) is 74.8 Å². The van der Waals surface area contributed by atoms with Gasteiger partial charge in [-0.05, 0) is 6.07 Å². The standard InChI is InChI=1S/C14H9N7O5/c22-13(9-4-11(20(23)24)6-12(5-9)21(25)26)18-10-7-15-14(16-8-10)19-3-1-2-17-19/h1-8H,(H,18,22). The molecule has 12 nitrogen and oxygen atoms in total. The van der Waals surface area contributed by atoms with Crippen LogP contribution in [0.4, 0.5) is 17.1 Å². The van der Waals surface area contributed by atoms with E-state index in [4.69, 9.17) is 0 Å². The quantitative estimate of drug-likeness (QED) is 0.535. The second-order valence-electron chi connectivity index (χ2n) is 4.93. The molecule has 1 N–H and O–H groups in total. The summed E-state index contributed by atoms with van der Waals surface area (Å²) in [7, 11) is 0. The Morgan fingerprint density at radius 3 is 2.15 bits per heavy atom. The Morgan fingerprint density at radius 2 is 1.65 bits per heavy atom. The van der Waals surface area contributed by atoms with Crippen LogP contribution in [0, 0.1) is 20.2 Å². The number of hydrogen-bond donors (Lipinski definition) is 1. The molecule has 0 bridgehead atoms. The molecule has 12 heteroatoms. The number of non-ortho nitro benzene ring substituents is 2. The van der Waals surface area contributed by atoms with Gasteiger partial charge in [0, 0.05) is 24.5 Å². The Balaban J connectivity index is 1.83. The van der Waals surface area contributed by atoms with Crippen molar-refractivity contribution in [2.45, 2.75) is 0 Å². The number of amides is 1. The number of aromatic nitrogens is 4.